The van der Waals surface area contributed by atoms with Crippen LogP contribution >= 0.6 is 11.3 Å². The Hall–Kier alpha value is -2.15. The molecular weight excluding hydrogens is 278 g/mol. The van der Waals surface area contributed by atoms with Crippen molar-refractivity contribution in [3.05, 3.63) is 24.3 Å². The van der Waals surface area contributed by atoms with E-state index in [0.717, 1.165) is 17.1 Å². The number of nitrogens with zero attached hydrogens (tertiary/aromatic N) is 3. The van der Waals surface area contributed by atoms with Gasteiger partial charge in [0.1, 0.15) is 5.75 Å². The molecule has 2 aromatic rings. The van der Waals surface area contributed by atoms with E-state index in [2.05, 4.69) is 15.2 Å². The number of thiazole rings is 1. The largest absolute Gasteiger partial charge is 0.497 e. The monoisotopic (exact) mass is 293 g/mol. The second-order valence-corrected chi connectivity index (χ2v) is 5.11. The van der Waals surface area contributed by atoms with Crippen LogP contribution in [0.2, 0.25) is 0 Å². The van der Waals surface area contributed by atoms with Crippen molar-refractivity contribution in [1.29, 1.82) is 0 Å². The predicted octanol–water partition coefficient (Wildman–Crippen LogP) is 4.06. The highest BCUT2D eigenvalue weighted by atomic mass is 32.1. The van der Waals surface area contributed by atoms with Crippen LogP contribution in [0.1, 0.15) is 13.8 Å². The van der Waals surface area contributed by atoms with Crippen LogP contribution in [0.25, 0.3) is 0 Å². The molecule has 0 saturated carbocycles. The maximum atomic E-state index is 9.71. The summed E-state index contributed by atoms with van der Waals surface area (Å²) < 4.78 is 10.4. The molecule has 0 amide bonds. The molecular formula is C13H15N3O3S. The van der Waals surface area contributed by atoms with Crippen LogP contribution in [0, 0.1) is 0 Å². The minimum atomic E-state index is -0.0158. The quantitative estimate of drug-likeness (QED) is 0.843. The van der Waals surface area contributed by atoms with E-state index in [-0.39, 0.29) is 17.0 Å². The van der Waals surface area contributed by atoms with E-state index < -0.39 is 0 Å². The molecule has 0 aliphatic rings. The second kappa shape index (κ2) is 6.33. The normalized spacial score (nSPS) is 11.2. The van der Waals surface area contributed by atoms with Crippen molar-refractivity contribution in [2.24, 2.45) is 10.2 Å². The number of hydrogen-bond donors (Lipinski definition) is 1. The van der Waals surface area contributed by atoms with Gasteiger partial charge in [-0.1, -0.05) is 0 Å². The zero-order valence-corrected chi connectivity index (χ0v) is 12.2. The van der Waals surface area contributed by atoms with E-state index >= 15 is 0 Å². The SMILES string of the molecule is COc1ccc(N=Nc2nc(OC(C)C)sc2O)cc1. The molecule has 20 heavy (non-hydrogen) atoms. The molecule has 106 valence electrons. The Morgan fingerprint density at radius 2 is 1.90 bits per heavy atom. The van der Waals surface area contributed by atoms with Gasteiger partial charge in [-0.2, -0.15) is 4.98 Å². The van der Waals surface area contributed by atoms with Gasteiger partial charge >= 0.3 is 0 Å². The van der Waals surface area contributed by atoms with Gasteiger partial charge in [-0.25, -0.2) is 0 Å². The van der Waals surface area contributed by atoms with E-state index in [4.69, 9.17) is 9.47 Å². The third kappa shape index (κ3) is 3.67. The Labute approximate surface area is 120 Å². The summed E-state index contributed by atoms with van der Waals surface area (Å²) in [5.41, 5.74) is 0.643. The highest BCUT2D eigenvalue weighted by Gasteiger charge is 2.11. The van der Waals surface area contributed by atoms with Gasteiger partial charge in [-0.15, -0.1) is 10.2 Å². The van der Waals surface area contributed by atoms with Crippen LogP contribution in [-0.2, 0) is 0 Å². The third-order valence-corrected chi connectivity index (χ3v) is 2.98. The Kier molecular flexibility index (Phi) is 4.52. The van der Waals surface area contributed by atoms with E-state index in [0.29, 0.717) is 10.9 Å². The van der Waals surface area contributed by atoms with E-state index in [9.17, 15) is 5.11 Å². The maximum Gasteiger partial charge on any atom is 0.279 e. The summed E-state index contributed by atoms with van der Waals surface area (Å²) in [5.74, 6) is 0.898. The van der Waals surface area contributed by atoms with Gasteiger partial charge in [0.05, 0.1) is 18.9 Å². The molecule has 0 spiro atoms. The van der Waals surface area contributed by atoms with Crippen LogP contribution in [0.15, 0.2) is 34.5 Å². The first-order valence-electron chi connectivity index (χ1n) is 6.00. The van der Waals surface area contributed by atoms with Crippen molar-refractivity contribution in [2.75, 3.05) is 7.11 Å². The van der Waals surface area contributed by atoms with Crippen LogP contribution in [-0.4, -0.2) is 23.3 Å². The average molecular weight is 293 g/mol. The van der Waals surface area contributed by atoms with Crippen molar-refractivity contribution in [1.82, 2.24) is 4.98 Å². The van der Waals surface area contributed by atoms with Crippen LogP contribution in [0.3, 0.4) is 0 Å². The van der Waals surface area contributed by atoms with Crippen molar-refractivity contribution >= 4 is 22.8 Å². The highest BCUT2D eigenvalue weighted by Crippen LogP contribution is 2.38. The van der Waals surface area contributed by atoms with Crippen LogP contribution in [0.4, 0.5) is 11.5 Å². The maximum absolute atomic E-state index is 9.71. The predicted molar refractivity (Wildman–Crippen MR) is 76.7 cm³/mol. The van der Waals surface area contributed by atoms with Gasteiger partial charge < -0.3 is 14.6 Å². The number of rotatable bonds is 5. The molecule has 0 bridgehead atoms. The fraction of sp³-hybridized carbons (Fsp3) is 0.308. The Morgan fingerprint density at radius 3 is 2.50 bits per heavy atom. The lowest BCUT2D eigenvalue weighted by molar-refractivity contribution is 0.241. The van der Waals surface area contributed by atoms with E-state index in [1.54, 1.807) is 31.4 Å². The number of benzene rings is 1. The first-order chi connectivity index (χ1) is 9.58. The molecule has 0 aliphatic carbocycles. The minimum Gasteiger partial charge on any atom is -0.497 e. The summed E-state index contributed by atoms with van der Waals surface area (Å²) in [5, 5.41) is 18.0. The standard InChI is InChI=1S/C13H15N3O3S/c1-8(2)19-13-14-11(12(17)20-13)16-15-9-4-6-10(18-3)7-5-9/h4-8,17H,1-3H3. The molecule has 0 aliphatic heterocycles. The number of aromatic hydroxyl groups is 1. The van der Waals surface area contributed by atoms with Crippen molar-refractivity contribution in [3.63, 3.8) is 0 Å². The van der Waals surface area contributed by atoms with Gasteiger partial charge in [0.25, 0.3) is 5.19 Å². The summed E-state index contributed by atoms with van der Waals surface area (Å²) in [6.45, 7) is 3.77. The second-order valence-electron chi connectivity index (χ2n) is 4.17. The van der Waals surface area contributed by atoms with Crippen LogP contribution < -0.4 is 9.47 Å². The molecule has 7 heteroatoms. The molecule has 0 radical (unpaired) electrons. The summed E-state index contributed by atoms with van der Waals surface area (Å²) in [6.07, 6.45) is -0.00748. The molecule has 0 fully saturated rings. The van der Waals surface area contributed by atoms with Gasteiger partial charge in [0, 0.05) is 0 Å². The molecule has 0 unspecified atom stereocenters. The molecule has 1 aromatic carbocycles. The number of ether oxygens (including phenoxy) is 2. The lowest BCUT2D eigenvalue weighted by Gasteiger charge is -2.03. The smallest absolute Gasteiger partial charge is 0.279 e. The minimum absolute atomic E-state index is 0.00748. The van der Waals surface area contributed by atoms with Gasteiger partial charge in [-0.05, 0) is 49.4 Å². The van der Waals surface area contributed by atoms with Crippen molar-refractivity contribution in [2.45, 2.75) is 20.0 Å². The van der Waals surface area contributed by atoms with Crippen LogP contribution in [0.5, 0.6) is 16.0 Å². The van der Waals surface area contributed by atoms with E-state index in [1.165, 1.54) is 0 Å². The van der Waals surface area contributed by atoms with Crippen molar-refractivity contribution in [3.8, 4) is 16.0 Å². The molecule has 2 rings (SSSR count). The van der Waals surface area contributed by atoms with Gasteiger partial charge in [0.15, 0.2) is 0 Å². The molecule has 1 aromatic heterocycles. The Bertz CT molecular complexity index is 593. The average Bonchev–Trinajstić information content (AvgIpc) is 2.76. The number of azo groups is 1. The lowest BCUT2D eigenvalue weighted by Crippen LogP contribution is -2.04. The Morgan fingerprint density at radius 1 is 1.20 bits per heavy atom. The fourth-order valence-electron chi connectivity index (χ4n) is 1.36. The van der Waals surface area contributed by atoms with E-state index in [1.807, 2.05) is 13.8 Å². The zero-order valence-electron chi connectivity index (χ0n) is 11.4. The molecule has 6 nitrogen and oxygen atoms in total. The summed E-state index contributed by atoms with van der Waals surface area (Å²) >= 11 is 1.03. The van der Waals surface area contributed by atoms with Gasteiger partial charge in [0.2, 0.25) is 10.9 Å². The summed E-state index contributed by atoms with van der Waals surface area (Å²) in [6, 6.07) is 7.08. The summed E-state index contributed by atoms with van der Waals surface area (Å²) in [4.78, 5) is 4.06. The number of methoxy groups -OCH3 is 1. The Balaban J connectivity index is 2.11. The molecule has 0 atom stereocenters. The fourth-order valence-corrected chi connectivity index (χ4v) is 2.07. The first-order valence-corrected chi connectivity index (χ1v) is 6.82. The number of aromatic nitrogens is 1. The first kappa shape index (κ1) is 14.3. The topological polar surface area (TPSA) is 76.3 Å². The third-order valence-electron chi connectivity index (χ3n) is 2.24. The van der Waals surface area contributed by atoms with Crippen molar-refractivity contribution < 1.29 is 14.6 Å². The number of hydrogen-bond acceptors (Lipinski definition) is 7. The molecule has 1 N–H and O–H groups in total. The molecule has 0 saturated heterocycles. The highest BCUT2D eigenvalue weighted by molar-refractivity contribution is 7.15. The zero-order chi connectivity index (χ0) is 14.5. The van der Waals surface area contributed by atoms with Gasteiger partial charge in [-0.3, -0.25) is 0 Å². The summed E-state index contributed by atoms with van der Waals surface area (Å²) in [7, 11) is 1.60. The lowest BCUT2D eigenvalue weighted by atomic mass is 10.3. The molecule has 1 heterocycles.